The van der Waals surface area contributed by atoms with Gasteiger partial charge >= 0.3 is 6.61 Å². The molecule has 0 fully saturated rings. The monoisotopic (exact) mass is 250 g/mol. The van der Waals surface area contributed by atoms with Gasteiger partial charge in [0.15, 0.2) is 0 Å². The van der Waals surface area contributed by atoms with E-state index in [2.05, 4.69) is 17.4 Å². The average molecular weight is 250 g/mol. The minimum absolute atomic E-state index is 0.0575. The standard InChI is InChI=1S/C10H12F2O3S/c11-10(12)15-7-3-1-2-6(4-7)9(14)8(13)5-16/h1-4,8-10,13-14,16H,5H2. The van der Waals surface area contributed by atoms with E-state index in [-0.39, 0.29) is 11.5 Å². The zero-order valence-corrected chi connectivity index (χ0v) is 9.15. The molecule has 0 aromatic heterocycles. The van der Waals surface area contributed by atoms with Crippen LogP contribution in [0.25, 0.3) is 0 Å². The molecule has 3 nitrogen and oxygen atoms in total. The average Bonchev–Trinajstić information content (AvgIpc) is 2.26. The summed E-state index contributed by atoms with van der Waals surface area (Å²) in [5.41, 5.74) is 0.305. The second-order valence-corrected chi connectivity index (χ2v) is 3.51. The molecule has 0 aliphatic heterocycles. The number of alkyl halides is 2. The van der Waals surface area contributed by atoms with Crippen molar-refractivity contribution in [1.82, 2.24) is 0 Å². The third-order valence-corrected chi connectivity index (χ3v) is 2.35. The third kappa shape index (κ3) is 3.62. The van der Waals surface area contributed by atoms with E-state index in [4.69, 9.17) is 0 Å². The summed E-state index contributed by atoms with van der Waals surface area (Å²) in [5, 5.41) is 18.9. The van der Waals surface area contributed by atoms with Crippen molar-refractivity contribution in [3.05, 3.63) is 29.8 Å². The van der Waals surface area contributed by atoms with Crippen molar-refractivity contribution in [3.63, 3.8) is 0 Å². The summed E-state index contributed by atoms with van der Waals surface area (Å²) in [6.07, 6.45) is -2.22. The maximum Gasteiger partial charge on any atom is 0.387 e. The summed E-state index contributed by atoms with van der Waals surface area (Å²) < 4.78 is 28.0. The van der Waals surface area contributed by atoms with Crippen LogP contribution < -0.4 is 4.74 Å². The molecule has 1 aromatic carbocycles. The van der Waals surface area contributed by atoms with E-state index in [9.17, 15) is 19.0 Å². The molecule has 2 atom stereocenters. The summed E-state index contributed by atoms with van der Waals surface area (Å²) in [4.78, 5) is 0. The van der Waals surface area contributed by atoms with E-state index >= 15 is 0 Å². The quantitative estimate of drug-likeness (QED) is 0.696. The van der Waals surface area contributed by atoms with Crippen LogP contribution in [0.1, 0.15) is 11.7 Å². The van der Waals surface area contributed by atoms with Crippen molar-refractivity contribution in [2.24, 2.45) is 0 Å². The van der Waals surface area contributed by atoms with Crippen LogP contribution in [0, 0.1) is 0 Å². The Hall–Kier alpha value is -0.850. The lowest BCUT2D eigenvalue weighted by Gasteiger charge is -2.16. The molecular formula is C10H12F2O3S. The van der Waals surface area contributed by atoms with Crippen molar-refractivity contribution >= 4 is 12.6 Å². The Kier molecular flexibility index (Phi) is 4.98. The molecule has 0 aliphatic carbocycles. The van der Waals surface area contributed by atoms with E-state index in [1.165, 1.54) is 24.3 Å². The third-order valence-electron chi connectivity index (χ3n) is 1.98. The number of thiol groups is 1. The van der Waals surface area contributed by atoms with Gasteiger partial charge in [-0.25, -0.2) is 0 Å². The highest BCUT2D eigenvalue weighted by atomic mass is 32.1. The first kappa shape index (κ1) is 13.2. The summed E-state index contributed by atoms with van der Waals surface area (Å²) in [6.45, 7) is -2.91. The van der Waals surface area contributed by atoms with E-state index < -0.39 is 18.8 Å². The fourth-order valence-corrected chi connectivity index (χ4v) is 1.40. The molecule has 0 saturated carbocycles. The van der Waals surface area contributed by atoms with Gasteiger partial charge in [-0.3, -0.25) is 0 Å². The molecule has 1 rings (SSSR count). The number of aliphatic hydroxyl groups excluding tert-OH is 2. The van der Waals surface area contributed by atoms with Crippen molar-refractivity contribution in [3.8, 4) is 5.75 Å². The Balaban J connectivity index is 2.81. The van der Waals surface area contributed by atoms with Crippen molar-refractivity contribution in [2.75, 3.05) is 5.75 Å². The van der Waals surface area contributed by atoms with Gasteiger partial charge in [0.1, 0.15) is 11.9 Å². The predicted octanol–water partition coefficient (Wildman–Crippen LogP) is 1.61. The summed E-state index contributed by atoms with van der Waals surface area (Å²) in [7, 11) is 0. The molecule has 0 amide bonds. The molecule has 6 heteroatoms. The second kappa shape index (κ2) is 6.03. The number of rotatable bonds is 5. The van der Waals surface area contributed by atoms with Crippen LogP contribution in [0.15, 0.2) is 24.3 Å². The van der Waals surface area contributed by atoms with Gasteiger partial charge in [-0.05, 0) is 17.7 Å². The minimum Gasteiger partial charge on any atom is -0.435 e. The molecule has 16 heavy (non-hydrogen) atoms. The van der Waals surface area contributed by atoms with Crippen LogP contribution in [-0.2, 0) is 0 Å². The van der Waals surface area contributed by atoms with Gasteiger partial charge in [-0.2, -0.15) is 21.4 Å². The topological polar surface area (TPSA) is 49.7 Å². The number of hydrogen-bond acceptors (Lipinski definition) is 4. The Morgan fingerprint density at radius 2 is 2.00 bits per heavy atom. The Labute approximate surface area is 97.1 Å². The lowest BCUT2D eigenvalue weighted by Crippen LogP contribution is -2.19. The van der Waals surface area contributed by atoms with E-state index in [1.807, 2.05) is 0 Å². The van der Waals surface area contributed by atoms with Crippen LogP contribution in [0.3, 0.4) is 0 Å². The van der Waals surface area contributed by atoms with Gasteiger partial charge in [0.05, 0.1) is 6.10 Å². The molecule has 0 aliphatic rings. The largest absolute Gasteiger partial charge is 0.435 e. The Bertz CT molecular complexity index is 336. The molecule has 1 aromatic rings. The van der Waals surface area contributed by atoms with Gasteiger partial charge in [0.2, 0.25) is 0 Å². The normalized spacial score (nSPS) is 14.9. The van der Waals surface area contributed by atoms with Gasteiger partial charge in [0.25, 0.3) is 0 Å². The van der Waals surface area contributed by atoms with Crippen LogP contribution in [-0.4, -0.2) is 28.7 Å². The number of aliphatic hydroxyl groups is 2. The van der Waals surface area contributed by atoms with Gasteiger partial charge in [0, 0.05) is 5.75 Å². The van der Waals surface area contributed by atoms with Gasteiger partial charge in [-0.1, -0.05) is 12.1 Å². The first-order valence-electron chi connectivity index (χ1n) is 4.56. The maximum atomic E-state index is 11.9. The highest BCUT2D eigenvalue weighted by molar-refractivity contribution is 7.80. The number of benzene rings is 1. The van der Waals surface area contributed by atoms with Crippen LogP contribution in [0.5, 0.6) is 5.75 Å². The summed E-state index contributed by atoms with van der Waals surface area (Å²) in [5.74, 6) is 0.0130. The second-order valence-electron chi connectivity index (χ2n) is 3.15. The number of ether oxygens (including phenoxy) is 1. The van der Waals surface area contributed by atoms with Crippen molar-refractivity contribution in [2.45, 2.75) is 18.8 Å². The fraction of sp³-hybridized carbons (Fsp3) is 0.400. The first-order chi connectivity index (χ1) is 7.54. The highest BCUT2D eigenvalue weighted by Crippen LogP contribution is 2.23. The zero-order chi connectivity index (χ0) is 12.1. The van der Waals surface area contributed by atoms with E-state index in [0.29, 0.717) is 5.56 Å². The maximum absolute atomic E-state index is 11.9. The predicted molar refractivity (Wildman–Crippen MR) is 57.9 cm³/mol. The molecule has 0 heterocycles. The van der Waals surface area contributed by atoms with Crippen LogP contribution in [0.2, 0.25) is 0 Å². The van der Waals surface area contributed by atoms with E-state index in [0.717, 1.165) is 0 Å². The van der Waals surface area contributed by atoms with Crippen LogP contribution >= 0.6 is 12.6 Å². The lowest BCUT2D eigenvalue weighted by molar-refractivity contribution is -0.0501. The van der Waals surface area contributed by atoms with Crippen LogP contribution in [0.4, 0.5) is 8.78 Å². The number of halogens is 2. The molecule has 0 spiro atoms. The van der Waals surface area contributed by atoms with Gasteiger partial charge in [-0.15, -0.1) is 0 Å². The van der Waals surface area contributed by atoms with Gasteiger partial charge < -0.3 is 14.9 Å². The summed E-state index contributed by atoms with van der Waals surface area (Å²) in [6, 6.07) is 5.57. The highest BCUT2D eigenvalue weighted by Gasteiger charge is 2.17. The molecule has 0 bridgehead atoms. The smallest absolute Gasteiger partial charge is 0.387 e. The molecule has 2 unspecified atom stereocenters. The zero-order valence-electron chi connectivity index (χ0n) is 8.25. The van der Waals surface area contributed by atoms with Crippen molar-refractivity contribution in [1.29, 1.82) is 0 Å². The minimum atomic E-state index is -2.91. The van der Waals surface area contributed by atoms with E-state index in [1.54, 1.807) is 0 Å². The Morgan fingerprint density at radius 3 is 2.56 bits per heavy atom. The number of hydrogen-bond donors (Lipinski definition) is 3. The molecule has 90 valence electrons. The Morgan fingerprint density at radius 1 is 1.31 bits per heavy atom. The summed E-state index contributed by atoms with van der Waals surface area (Å²) >= 11 is 3.83. The lowest BCUT2D eigenvalue weighted by atomic mass is 10.1. The molecule has 0 radical (unpaired) electrons. The SMILES string of the molecule is OC(CS)C(O)c1cccc(OC(F)F)c1. The van der Waals surface area contributed by atoms with Crippen molar-refractivity contribution < 1.29 is 23.7 Å². The fourth-order valence-electron chi connectivity index (χ4n) is 1.20. The molecule has 0 saturated heterocycles. The first-order valence-corrected chi connectivity index (χ1v) is 5.19. The molecule has 2 N–H and O–H groups in total. The molecular weight excluding hydrogens is 238 g/mol.